The molecule has 0 aliphatic carbocycles. The Bertz CT molecular complexity index is 2790. The van der Waals surface area contributed by atoms with E-state index in [9.17, 15) is 76.7 Å². The third-order valence-electron chi connectivity index (χ3n) is 7.06. The van der Waals surface area contributed by atoms with E-state index in [0.717, 1.165) is 30.3 Å². The van der Waals surface area contributed by atoms with E-state index in [1.165, 1.54) is 0 Å². The molecule has 0 amide bonds. The van der Waals surface area contributed by atoms with Crippen molar-refractivity contribution in [3.8, 4) is 23.0 Å². The molecule has 0 fully saturated rings. The van der Waals surface area contributed by atoms with Gasteiger partial charge in [-0.05, 0) is 35.7 Å². The second-order valence-corrected chi connectivity index (χ2v) is 13.4. The van der Waals surface area contributed by atoms with Gasteiger partial charge in [-0.15, -0.1) is 25.6 Å². The monoisotopic (exact) mass is 799 g/mol. The summed E-state index contributed by atoms with van der Waals surface area (Å²) in [7, 11) is -10.4. The van der Waals surface area contributed by atoms with Gasteiger partial charge >= 0.3 is 5.69 Å². The lowest BCUT2D eigenvalue weighted by molar-refractivity contribution is -0.393. The number of nitrogens with zero attached hydrogens (tertiary/aromatic N) is 9. The Hall–Kier alpha value is -7.62. The summed E-state index contributed by atoms with van der Waals surface area (Å²) in [6.07, 6.45) is 0. The fourth-order valence-corrected chi connectivity index (χ4v) is 5.77. The van der Waals surface area contributed by atoms with Crippen molar-refractivity contribution in [1.82, 2.24) is 0 Å². The van der Waals surface area contributed by atoms with E-state index in [4.69, 9.17) is 0 Å². The maximum absolute atomic E-state index is 12.3. The molecule has 0 unspecified atom stereocenters. The van der Waals surface area contributed by atoms with Crippen molar-refractivity contribution in [1.29, 1.82) is 0 Å². The van der Waals surface area contributed by atoms with Gasteiger partial charge in [0.2, 0.25) is 5.69 Å². The summed E-state index contributed by atoms with van der Waals surface area (Å²) in [5.41, 5.74) is -6.04. The molecule has 0 radical (unpaired) electrons. The van der Waals surface area contributed by atoms with Crippen LogP contribution in [0.4, 0.5) is 51.2 Å². The number of fused-ring (bicyclic) bond motifs is 1. The van der Waals surface area contributed by atoms with Crippen LogP contribution >= 0.6 is 0 Å². The van der Waals surface area contributed by atoms with Crippen molar-refractivity contribution < 1.29 is 61.1 Å². The second-order valence-electron chi connectivity index (χ2n) is 10.6. The third kappa shape index (κ3) is 8.23. The van der Waals surface area contributed by atoms with Crippen LogP contribution in [0.1, 0.15) is 0 Å². The molecule has 6 N–H and O–H groups in total. The summed E-state index contributed by atoms with van der Waals surface area (Å²) in [5.74, 6) is -3.82. The highest BCUT2D eigenvalue weighted by molar-refractivity contribution is 7.86. The van der Waals surface area contributed by atoms with Gasteiger partial charge < -0.3 is 20.4 Å². The molecule has 0 aliphatic rings. The van der Waals surface area contributed by atoms with Gasteiger partial charge in [0.25, 0.3) is 31.6 Å². The molecule has 0 saturated carbocycles. The molecule has 5 aromatic carbocycles. The van der Waals surface area contributed by atoms with E-state index in [-0.39, 0.29) is 11.4 Å². The van der Waals surface area contributed by atoms with E-state index >= 15 is 0 Å². The van der Waals surface area contributed by atoms with Gasteiger partial charge in [-0.1, -0.05) is 0 Å². The number of aromatic hydroxyl groups is 4. The van der Waals surface area contributed by atoms with E-state index in [1.54, 1.807) is 0 Å². The van der Waals surface area contributed by atoms with Gasteiger partial charge in [0.05, 0.1) is 48.6 Å². The van der Waals surface area contributed by atoms with Crippen molar-refractivity contribution in [2.45, 2.75) is 9.79 Å². The predicted molar refractivity (Wildman–Crippen MR) is 182 cm³/mol. The van der Waals surface area contributed by atoms with E-state index in [1.807, 2.05) is 0 Å². The first-order chi connectivity index (χ1) is 25.6. The zero-order valence-electron chi connectivity index (χ0n) is 26.5. The Morgan fingerprint density at radius 2 is 1.09 bits per heavy atom. The first-order valence-electron chi connectivity index (χ1n) is 14.2. The number of phenolic OH excluding ortho intramolecular Hbond substituents is 4. The molecule has 27 heteroatoms. The predicted octanol–water partition coefficient (Wildman–Crippen LogP) is 7.13. The zero-order chi connectivity index (χ0) is 40.6. The van der Waals surface area contributed by atoms with Crippen LogP contribution in [-0.4, -0.2) is 61.1 Å². The fourth-order valence-electron chi connectivity index (χ4n) is 4.57. The topological polar surface area (TPSA) is 393 Å². The molecule has 0 heterocycles. The molecule has 0 spiro atoms. The third-order valence-corrected chi connectivity index (χ3v) is 8.76. The molecular weight excluding hydrogens is 782 g/mol. The SMILES string of the molecule is O=[N+]([O-])c1ccc(N=Nc2c(S(=O)(=O)O)cc3cc(S(=O)(=O)O)cc(N=Nc4cc(N=Nc5c(O)cc([N+](=O)[O-])cc5[N+](=O)[O-])c(O)cc4O)c3c2O)cc1. The van der Waals surface area contributed by atoms with Crippen molar-refractivity contribution in [3.05, 3.63) is 97.1 Å². The molecule has 0 aromatic heterocycles. The standard InChI is InChI=1S/C28H17N9O16S2/c38-21-11-22(39)18(31-33-26-20(37(46)47)7-15(36(44)45)8-23(26)40)10-17(21)30-32-19-9-16(54(48,49)50)5-12-6-24(55(51,52)53)27(28(41)25(12)19)34-29-13-1-3-14(4-2-13)35(42)43/h1-11,38-41H,(H,48,49,50)(H,51,52,53). The van der Waals surface area contributed by atoms with E-state index < -0.39 is 118 Å². The minimum absolute atomic E-state index is 0.0952. The van der Waals surface area contributed by atoms with Crippen LogP contribution in [0.25, 0.3) is 10.8 Å². The number of non-ortho nitro benzene ring substituents is 2. The van der Waals surface area contributed by atoms with E-state index in [0.29, 0.717) is 36.4 Å². The molecule has 0 aliphatic heterocycles. The summed E-state index contributed by atoms with van der Waals surface area (Å²) in [6, 6.07) is 8.64. The van der Waals surface area contributed by atoms with Gasteiger partial charge in [-0.2, -0.15) is 21.9 Å². The van der Waals surface area contributed by atoms with Gasteiger partial charge in [0.15, 0.2) is 11.5 Å². The zero-order valence-corrected chi connectivity index (χ0v) is 28.1. The number of azo groups is 3. The number of phenols is 4. The van der Waals surface area contributed by atoms with Gasteiger partial charge in [-0.25, -0.2) is 0 Å². The largest absolute Gasteiger partial charge is 0.505 e. The number of nitro benzene ring substituents is 3. The summed E-state index contributed by atoms with van der Waals surface area (Å²) in [4.78, 5) is 28.6. The van der Waals surface area contributed by atoms with Gasteiger partial charge in [0.1, 0.15) is 33.5 Å². The first kappa shape index (κ1) is 38.6. The normalized spacial score (nSPS) is 12.3. The first-order valence-corrected chi connectivity index (χ1v) is 17.0. The second kappa shape index (κ2) is 14.4. The highest BCUT2D eigenvalue weighted by Crippen LogP contribution is 2.48. The van der Waals surface area contributed by atoms with Gasteiger partial charge in [0, 0.05) is 24.3 Å². The van der Waals surface area contributed by atoms with Crippen LogP contribution in [0.3, 0.4) is 0 Å². The van der Waals surface area contributed by atoms with Crippen molar-refractivity contribution >= 4 is 82.2 Å². The van der Waals surface area contributed by atoms with Crippen LogP contribution in [0.2, 0.25) is 0 Å². The maximum Gasteiger partial charge on any atom is 0.307 e. The Kier molecular flexibility index (Phi) is 10.1. The minimum atomic E-state index is -5.27. The fraction of sp³-hybridized carbons (Fsp3) is 0. The minimum Gasteiger partial charge on any atom is -0.505 e. The van der Waals surface area contributed by atoms with E-state index in [2.05, 4.69) is 30.7 Å². The van der Waals surface area contributed by atoms with Crippen molar-refractivity contribution in [3.63, 3.8) is 0 Å². The van der Waals surface area contributed by atoms with Gasteiger partial charge in [-0.3, -0.25) is 39.4 Å². The van der Waals surface area contributed by atoms with Crippen LogP contribution in [0.5, 0.6) is 23.0 Å². The lowest BCUT2D eigenvalue weighted by atomic mass is 10.1. The molecule has 0 saturated heterocycles. The number of benzene rings is 5. The molecule has 5 aromatic rings. The van der Waals surface area contributed by atoms with Crippen LogP contribution in [0.15, 0.2) is 107 Å². The average Bonchev–Trinajstić information content (AvgIpc) is 3.09. The lowest BCUT2D eigenvalue weighted by Crippen LogP contribution is -2.01. The van der Waals surface area contributed by atoms with Crippen LogP contribution < -0.4 is 0 Å². The maximum atomic E-state index is 12.3. The molecule has 0 atom stereocenters. The van der Waals surface area contributed by atoms with Crippen LogP contribution in [0, 0.1) is 30.3 Å². The quantitative estimate of drug-likeness (QED) is 0.0335. The highest BCUT2D eigenvalue weighted by Gasteiger charge is 2.27. The Balaban J connectivity index is 1.67. The number of hydrogen-bond donors (Lipinski definition) is 6. The number of nitro groups is 3. The average molecular weight is 800 g/mol. The number of rotatable bonds is 11. The van der Waals surface area contributed by atoms with Crippen molar-refractivity contribution in [2.24, 2.45) is 30.7 Å². The summed E-state index contributed by atoms with van der Waals surface area (Å²) < 4.78 is 68.6. The molecule has 25 nitrogen and oxygen atoms in total. The lowest BCUT2D eigenvalue weighted by Gasteiger charge is -2.12. The Morgan fingerprint density at radius 3 is 1.64 bits per heavy atom. The Labute approximate surface area is 303 Å². The summed E-state index contributed by atoms with van der Waals surface area (Å²) >= 11 is 0. The smallest absolute Gasteiger partial charge is 0.307 e. The summed E-state index contributed by atoms with van der Waals surface area (Å²) in [6.45, 7) is 0. The number of hydrogen-bond acceptors (Lipinski definition) is 20. The molecule has 5 rings (SSSR count). The van der Waals surface area contributed by atoms with Crippen molar-refractivity contribution in [2.75, 3.05) is 0 Å². The highest BCUT2D eigenvalue weighted by atomic mass is 32.2. The Morgan fingerprint density at radius 1 is 0.527 bits per heavy atom. The molecule has 55 heavy (non-hydrogen) atoms. The molecule has 282 valence electrons. The van der Waals surface area contributed by atoms with Crippen LogP contribution in [-0.2, 0) is 20.2 Å². The summed E-state index contributed by atoms with van der Waals surface area (Å²) in [5, 5.41) is 96.6. The molecular formula is C28H17N9O16S2. The molecule has 0 bridgehead atoms.